The third-order valence-corrected chi connectivity index (χ3v) is 3.22. The molecule has 1 aromatic rings. The number of nitrogens with one attached hydrogen (secondary N) is 1. The lowest BCUT2D eigenvalue weighted by atomic mass is 10.00. The number of Topliss-reactive ketones (excluding diaryl/α,β-unsaturated/α-hetero) is 1. The van der Waals surface area contributed by atoms with Crippen LogP contribution in [0.25, 0.3) is 0 Å². The van der Waals surface area contributed by atoms with E-state index in [0.717, 1.165) is 4.47 Å². The van der Waals surface area contributed by atoms with Gasteiger partial charge >= 0.3 is 6.09 Å². The minimum absolute atomic E-state index is 0.0497. The molecule has 0 aromatic heterocycles. The molecule has 0 fully saturated rings. The Bertz CT molecular complexity index is 491. The van der Waals surface area contributed by atoms with Crippen molar-refractivity contribution in [1.82, 2.24) is 5.32 Å². The summed E-state index contributed by atoms with van der Waals surface area (Å²) in [7, 11) is 0. The molecule has 0 spiro atoms. The van der Waals surface area contributed by atoms with Crippen molar-refractivity contribution in [3.63, 3.8) is 0 Å². The summed E-state index contributed by atoms with van der Waals surface area (Å²) in [5, 5.41) is 2.68. The highest BCUT2D eigenvalue weighted by Crippen LogP contribution is 2.14. The smallest absolute Gasteiger partial charge is 0.407 e. The Balaban J connectivity index is 2.40. The summed E-state index contributed by atoms with van der Waals surface area (Å²) >= 11 is 3.34. The van der Waals surface area contributed by atoms with Crippen molar-refractivity contribution in [2.45, 2.75) is 39.7 Å². The van der Waals surface area contributed by atoms with Crippen LogP contribution in [-0.2, 0) is 4.74 Å². The van der Waals surface area contributed by atoms with Crippen LogP contribution in [0, 0.1) is 5.92 Å². The summed E-state index contributed by atoms with van der Waals surface area (Å²) in [6, 6.07) is 7.27. The Kier molecular flexibility index (Phi) is 6.40. The average molecular weight is 356 g/mol. The van der Waals surface area contributed by atoms with Gasteiger partial charge in [0.1, 0.15) is 5.60 Å². The number of carbonyl (C=O) groups is 2. The predicted molar refractivity (Wildman–Crippen MR) is 86.5 cm³/mol. The zero-order valence-corrected chi connectivity index (χ0v) is 14.5. The van der Waals surface area contributed by atoms with Gasteiger partial charge in [0.2, 0.25) is 0 Å². The van der Waals surface area contributed by atoms with Crippen molar-refractivity contribution < 1.29 is 14.3 Å². The number of benzene rings is 1. The van der Waals surface area contributed by atoms with Crippen LogP contribution in [0.2, 0.25) is 0 Å². The van der Waals surface area contributed by atoms with E-state index in [0.29, 0.717) is 18.5 Å². The van der Waals surface area contributed by atoms with Gasteiger partial charge in [0.25, 0.3) is 0 Å². The Morgan fingerprint density at radius 2 is 1.81 bits per heavy atom. The van der Waals surface area contributed by atoms with E-state index in [-0.39, 0.29) is 11.7 Å². The van der Waals surface area contributed by atoms with Gasteiger partial charge in [-0.25, -0.2) is 4.79 Å². The fourth-order valence-electron chi connectivity index (χ4n) is 1.71. The highest BCUT2D eigenvalue weighted by atomic mass is 79.9. The van der Waals surface area contributed by atoms with Crippen molar-refractivity contribution in [3.8, 4) is 0 Å². The maximum atomic E-state index is 12.1. The van der Waals surface area contributed by atoms with Crippen LogP contribution >= 0.6 is 15.9 Å². The molecular formula is C16H22BrNO3. The van der Waals surface area contributed by atoms with Crippen molar-refractivity contribution in [2.24, 2.45) is 5.92 Å². The Labute approximate surface area is 134 Å². The van der Waals surface area contributed by atoms with E-state index >= 15 is 0 Å². The van der Waals surface area contributed by atoms with Crippen LogP contribution < -0.4 is 5.32 Å². The third kappa shape index (κ3) is 7.27. The van der Waals surface area contributed by atoms with E-state index in [1.54, 1.807) is 12.1 Å². The fourth-order valence-corrected chi connectivity index (χ4v) is 1.98. The van der Waals surface area contributed by atoms with E-state index in [4.69, 9.17) is 4.74 Å². The molecule has 4 nitrogen and oxygen atoms in total. The van der Waals surface area contributed by atoms with Crippen molar-refractivity contribution >= 4 is 27.8 Å². The highest BCUT2D eigenvalue weighted by Gasteiger charge is 2.17. The van der Waals surface area contributed by atoms with Crippen LogP contribution in [0.1, 0.15) is 44.5 Å². The molecule has 0 saturated heterocycles. The topological polar surface area (TPSA) is 55.4 Å². The molecule has 0 aliphatic heterocycles. The lowest BCUT2D eigenvalue weighted by molar-refractivity contribution is 0.0517. The number of amides is 1. The molecule has 1 aromatic carbocycles. The van der Waals surface area contributed by atoms with Crippen LogP contribution in [0.3, 0.4) is 0 Å². The molecule has 5 heteroatoms. The molecule has 1 rings (SSSR count). The van der Waals surface area contributed by atoms with E-state index < -0.39 is 11.7 Å². The number of ether oxygens (including phenoxy) is 1. The van der Waals surface area contributed by atoms with Gasteiger partial charge in [-0.15, -0.1) is 0 Å². The SMILES string of the molecule is CC(CNC(=O)OC(C)(C)C)CC(=O)c1ccc(Br)cc1. The van der Waals surface area contributed by atoms with Crippen molar-refractivity contribution in [2.75, 3.05) is 6.54 Å². The standard InChI is InChI=1S/C16H22BrNO3/c1-11(10-18-15(20)21-16(2,3)4)9-14(19)12-5-7-13(17)8-6-12/h5-8,11H,9-10H2,1-4H3,(H,18,20). The van der Waals surface area contributed by atoms with Gasteiger partial charge in [0.15, 0.2) is 5.78 Å². The number of rotatable bonds is 5. The van der Waals surface area contributed by atoms with Gasteiger partial charge in [-0.05, 0) is 38.8 Å². The lowest BCUT2D eigenvalue weighted by Gasteiger charge is -2.20. The first-order valence-corrected chi connectivity index (χ1v) is 7.72. The second-order valence-electron chi connectivity index (χ2n) is 6.12. The first-order chi connectivity index (χ1) is 9.67. The van der Waals surface area contributed by atoms with Crippen LogP contribution in [0.5, 0.6) is 0 Å². The largest absolute Gasteiger partial charge is 0.444 e. The van der Waals surface area contributed by atoms with Crippen LogP contribution in [-0.4, -0.2) is 24.0 Å². The molecule has 1 amide bonds. The maximum Gasteiger partial charge on any atom is 0.407 e. The van der Waals surface area contributed by atoms with Gasteiger partial charge < -0.3 is 10.1 Å². The summed E-state index contributed by atoms with van der Waals surface area (Å²) in [5.74, 6) is 0.120. The molecule has 0 aliphatic rings. The quantitative estimate of drug-likeness (QED) is 0.805. The lowest BCUT2D eigenvalue weighted by Crippen LogP contribution is -2.35. The van der Waals surface area contributed by atoms with E-state index in [2.05, 4.69) is 21.2 Å². The summed E-state index contributed by atoms with van der Waals surface area (Å²) in [6.07, 6.45) is -0.0670. The van der Waals surface area contributed by atoms with E-state index in [1.165, 1.54) is 0 Å². The molecular weight excluding hydrogens is 334 g/mol. The van der Waals surface area contributed by atoms with Crippen LogP contribution in [0.4, 0.5) is 4.79 Å². The van der Waals surface area contributed by atoms with Gasteiger partial charge in [-0.1, -0.05) is 35.0 Å². The average Bonchev–Trinajstić information content (AvgIpc) is 2.35. The molecule has 0 saturated carbocycles. The van der Waals surface area contributed by atoms with Gasteiger partial charge in [0, 0.05) is 23.0 Å². The highest BCUT2D eigenvalue weighted by molar-refractivity contribution is 9.10. The molecule has 1 unspecified atom stereocenters. The Morgan fingerprint density at radius 3 is 2.33 bits per heavy atom. The third-order valence-electron chi connectivity index (χ3n) is 2.69. The zero-order chi connectivity index (χ0) is 16.0. The minimum atomic E-state index is -0.513. The number of carbonyl (C=O) groups excluding carboxylic acids is 2. The number of hydrogen-bond acceptors (Lipinski definition) is 3. The summed E-state index contributed by atoms with van der Waals surface area (Å²) in [5.41, 5.74) is 0.169. The number of hydrogen-bond donors (Lipinski definition) is 1. The molecule has 0 heterocycles. The minimum Gasteiger partial charge on any atom is -0.444 e. The summed E-state index contributed by atoms with van der Waals surface area (Å²) in [4.78, 5) is 23.6. The van der Waals surface area contributed by atoms with Crippen LogP contribution in [0.15, 0.2) is 28.7 Å². The van der Waals surface area contributed by atoms with E-state index in [9.17, 15) is 9.59 Å². The monoisotopic (exact) mass is 355 g/mol. The van der Waals surface area contributed by atoms with Gasteiger partial charge in [-0.3, -0.25) is 4.79 Å². The molecule has 0 radical (unpaired) electrons. The van der Waals surface area contributed by atoms with Crippen molar-refractivity contribution in [3.05, 3.63) is 34.3 Å². The molecule has 1 atom stereocenters. The Morgan fingerprint density at radius 1 is 1.24 bits per heavy atom. The second-order valence-corrected chi connectivity index (χ2v) is 7.04. The Hall–Kier alpha value is -1.36. The first-order valence-electron chi connectivity index (χ1n) is 6.93. The predicted octanol–water partition coefficient (Wildman–Crippen LogP) is 4.18. The zero-order valence-electron chi connectivity index (χ0n) is 12.9. The first kappa shape index (κ1) is 17.7. The second kappa shape index (κ2) is 7.59. The summed E-state index contributed by atoms with van der Waals surface area (Å²) < 4.78 is 6.09. The molecule has 1 N–H and O–H groups in total. The van der Waals surface area contributed by atoms with E-state index in [1.807, 2.05) is 39.8 Å². The number of halogens is 1. The fraction of sp³-hybridized carbons (Fsp3) is 0.500. The number of alkyl carbamates (subject to hydrolysis) is 1. The molecule has 116 valence electrons. The molecule has 21 heavy (non-hydrogen) atoms. The van der Waals surface area contributed by atoms with Crippen molar-refractivity contribution in [1.29, 1.82) is 0 Å². The van der Waals surface area contributed by atoms with Gasteiger partial charge in [0.05, 0.1) is 0 Å². The summed E-state index contributed by atoms with van der Waals surface area (Å²) in [6.45, 7) is 7.78. The molecule has 0 aliphatic carbocycles. The molecule has 0 bridgehead atoms. The van der Waals surface area contributed by atoms with Gasteiger partial charge in [-0.2, -0.15) is 0 Å². The number of ketones is 1. The maximum absolute atomic E-state index is 12.1. The normalized spacial score (nSPS) is 12.6.